The predicted octanol–water partition coefficient (Wildman–Crippen LogP) is 3.61. The lowest BCUT2D eigenvalue weighted by Crippen LogP contribution is -2.44. The molecule has 1 N–H and O–H groups in total. The normalized spacial score (nSPS) is 21.6. The summed E-state index contributed by atoms with van der Waals surface area (Å²) < 4.78 is 22.6. The van der Waals surface area contributed by atoms with Gasteiger partial charge >= 0.3 is 0 Å². The molecule has 5 nitrogen and oxygen atoms in total. The third-order valence-corrected chi connectivity index (χ3v) is 8.98. The molecule has 0 radical (unpaired) electrons. The summed E-state index contributed by atoms with van der Waals surface area (Å²) >= 11 is 0. The molecular formula is C16H26O5Si. The van der Waals surface area contributed by atoms with Crippen LogP contribution < -0.4 is 9.47 Å². The van der Waals surface area contributed by atoms with Gasteiger partial charge in [-0.05, 0) is 18.1 Å². The maximum absolute atomic E-state index is 10.4. The molecule has 1 heterocycles. The number of phenolic OH excluding ortho intramolecular Hbond substituents is 1. The zero-order valence-electron chi connectivity index (χ0n) is 14.4. The molecule has 0 saturated carbocycles. The Kier molecular flexibility index (Phi) is 4.23. The number of aromatic hydroxyl groups is 1. The predicted molar refractivity (Wildman–Crippen MR) is 87.1 cm³/mol. The van der Waals surface area contributed by atoms with Crippen molar-refractivity contribution in [2.45, 2.75) is 44.7 Å². The van der Waals surface area contributed by atoms with E-state index in [1.165, 1.54) is 0 Å². The molecule has 0 spiro atoms. The molecule has 1 atom stereocenters. The van der Waals surface area contributed by atoms with Crippen molar-refractivity contribution in [1.82, 2.24) is 0 Å². The number of hydrogen-bond donors (Lipinski definition) is 1. The lowest BCUT2D eigenvalue weighted by molar-refractivity contribution is 0.0407. The minimum absolute atomic E-state index is 0.0429. The highest BCUT2D eigenvalue weighted by molar-refractivity contribution is 6.74. The second-order valence-electron chi connectivity index (χ2n) is 7.13. The average molecular weight is 326 g/mol. The summed E-state index contributed by atoms with van der Waals surface area (Å²) in [5, 5.41) is 10.4. The molecule has 0 aliphatic carbocycles. The van der Waals surface area contributed by atoms with Crippen LogP contribution in [0.5, 0.6) is 17.2 Å². The summed E-state index contributed by atoms with van der Waals surface area (Å²) in [6.45, 7) is 11.2. The van der Waals surface area contributed by atoms with Gasteiger partial charge in [-0.15, -0.1) is 0 Å². The van der Waals surface area contributed by atoms with Gasteiger partial charge in [-0.1, -0.05) is 20.8 Å². The monoisotopic (exact) mass is 326 g/mol. The van der Waals surface area contributed by atoms with E-state index in [-0.39, 0.29) is 10.8 Å². The number of phenols is 1. The molecule has 1 aliphatic heterocycles. The van der Waals surface area contributed by atoms with Crippen LogP contribution in [0.2, 0.25) is 18.1 Å². The van der Waals surface area contributed by atoms with Gasteiger partial charge in [0.15, 0.2) is 8.32 Å². The van der Waals surface area contributed by atoms with E-state index in [1.807, 2.05) is 0 Å². The summed E-state index contributed by atoms with van der Waals surface area (Å²) in [7, 11) is 1.04. The maximum atomic E-state index is 10.4. The van der Waals surface area contributed by atoms with E-state index in [4.69, 9.17) is 18.6 Å². The van der Waals surface area contributed by atoms with Crippen molar-refractivity contribution < 1.29 is 23.7 Å². The fourth-order valence-corrected chi connectivity index (χ4v) is 3.47. The molecule has 1 aromatic rings. The standard InChI is InChI=1S/C16H26O5Si/c1-15(2,3)22(6,7)21-16(10-20-16)14-12(17)8-11(18-4)9-13(14)19-5/h8-9,17H,10H2,1-7H3. The molecule has 1 saturated heterocycles. The quantitative estimate of drug-likeness (QED) is 0.661. The Bertz CT molecular complexity index is 558. The van der Waals surface area contributed by atoms with Crippen LogP contribution >= 0.6 is 0 Å². The van der Waals surface area contributed by atoms with Crippen molar-refractivity contribution >= 4 is 8.32 Å². The average Bonchev–Trinajstić information content (AvgIpc) is 3.15. The molecule has 6 heteroatoms. The van der Waals surface area contributed by atoms with Gasteiger partial charge in [0.1, 0.15) is 23.9 Å². The van der Waals surface area contributed by atoms with Crippen LogP contribution in [-0.4, -0.2) is 34.3 Å². The van der Waals surface area contributed by atoms with E-state index in [9.17, 15) is 5.11 Å². The smallest absolute Gasteiger partial charge is 0.217 e. The van der Waals surface area contributed by atoms with Gasteiger partial charge in [-0.2, -0.15) is 0 Å². The summed E-state index contributed by atoms with van der Waals surface area (Å²) in [5.41, 5.74) is 0.542. The van der Waals surface area contributed by atoms with Crippen LogP contribution in [-0.2, 0) is 14.9 Å². The molecule has 0 amide bonds. The molecule has 1 fully saturated rings. The first-order chi connectivity index (χ1) is 10.1. The van der Waals surface area contributed by atoms with E-state index < -0.39 is 14.1 Å². The topological polar surface area (TPSA) is 60.5 Å². The highest BCUT2D eigenvalue weighted by Gasteiger charge is 2.57. The highest BCUT2D eigenvalue weighted by atomic mass is 28.4. The van der Waals surface area contributed by atoms with Gasteiger partial charge in [0.05, 0.1) is 19.8 Å². The molecule has 2 rings (SSSR count). The van der Waals surface area contributed by atoms with E-state index in [2.05, 4.69) is 33.9 Å². The van der Waals surface area contributed by atoms with E-state index >= 15 is 0 Å². The fourth-order valence-electron chi connectivity index (χ4n) is 2.12. The maximum Gasteiger partial charge on any atom is 0.217 e. The van der Waals surface area contributed by atoms with E-state index in [1.54, 1.807) is 26.4 Å². The van der Waals surface area contributed by atoms with Crippen molar-refractivity contribution in [2.24, 2.45) is 0 Å². The zero-order valence-corrected chi connectivity index (χ0v) is 15.4. The van der Waals surface area contributed by atoms with Crippen LogP contribution in [0.4, 0.5) is 0 Å². The molecule has 124 valence electrons. The Morgan fingerprint density at radius 1 is 1.18 bits per heavy atom. The molecule has 1 unspecified atom stereocenters. The second-order valence-corrected chi connectivity index (χ2v) is 11.9. The van der Waals surface area contributed by atoms with Gasteiger partial charge in [0.2, 0.25) is 5.79 Å². The highest BCUT2D eigenvalue weighted by Crippen LogP contribution is 2.53. The van der Waals surface area contributed by atoms with Gasteiger partial charge in [-0.3, -0.25) is 0 Å². The second kappa shape index (κ2) is 5.44. The fraction of sp³-hybridized carbons (Fsp3) is 0.625. The van der Waals surface area contributed by atoms with Crippen molar-refractivity contribution in [2.75, 3.05) is 20.8 Å². The van der Waals surface area contributed by atoms with E-state index in [0.717, 1.165) is 0 Å². The van der Waals surface area contributed by atoms with Gasteiger partial charge in [-0.25, -0.2) is 0 Å². The molecule has 22 heavy (non-hydrogen) atoms. The molecular weight excluding hydrogens is 300 g/mol. The van der Waals surface area contributed by atoms with Crippen molar-refractivity contribution in [3.8, 4) is 17.2 Å². The first-order valence-corrected chi connectivity index (χ1v) is 10.3. The Morgan fingerprint density at radius 3 is 2.18 bits per heavy atom. The number of benzene rings is 1. The SMILES string of the molecule is COc1cc(O)c(C2(O[Si](C)(C)C(C)(C)C)CO2)c(OC)c1. The third kappa shape index (κ3) is 2.95. The number of ether oxygens (including phenoxy) is 3. The minimum Gasteiger partial charge on any atom is -0.507 e. The Morgan fingerprint density at radius 2 is 1.77 bits per heavy atom. The number of hydrogen-bond acceptors (Lipinski definition) is 5. The van der Waals surface area contributed by atoms with Crippen LogP contribution in [0, 0.1) is 0 Å². The molecule has 0 bridgehead atoms. The van der Waals surface area contributed by atoms with Gasteiger partial charge in [0.25, 0.3) is 0 Å². The Balaban J connectivity index is 2.43. The first kappa shape index (κ1) is 17.1. The number of epoxide rings is 1. The van der Waals surface area contributed by atoms with Crippen molar-refractivity contribution in [3.05, 3.63) is 17.7 Å². The largest absolute Gasteiger partial charge is 0.507 e. The van der Waals surface area contributed by atoms with Crippen LogP contribution in [0.1, 0.15) is 26.3 Å². The van der Waals surface area contributed by atoms with Crippen LogP contribution in [0.25, 0.3) is 0 Å². The Hall–Kier alpha value is -1.24. The summed E-state index contributed by atoms with van der Waals surface area (Å²) in [6, 6.07) is 3.28. The number of rotatable bonds is 5. The van der Waals surface area contributed by atoms with E-state index in [0.29, 0.717) is 23.7 Å². The summed E-state index contributed by atoms with van der Waals surface area (Å²) in [6.07, 6.45) is 0. The minimum atomic E-state index is -2.06. The van der Waals surface area contributed by atoms with Gasteiger partial charge < -0.3 is 23.7 Å². The molecule has 1 aromatic carbocycles. The lowest BCUT2D eigenvalue weighted by Gasteiger charge is -2.38. The number of methoxy groups -OCH3 is 2. The third-order valence-electron chi connectivity index (χ3n) is 4.52. The van der Waals surface area contributed by atoms with Crippen molar-refractivity contribution in [1.29, 1.82) is 0 Å². The van der Waals surface area contributed by atoms with Crippen LogP contribution in [0.3, 0.4) is 0 Å². The van der Waals surface area contributed by atoms with Crippen LogP contribution in [0.15, 0.2) is 12.1 Å². The van der Waals surface area contributed by atoms with Gasteiger partial charge in [0, 0.05) is 12.1 Å². The first-order valence-electron chi connectivity index (χ1n) is 7.36. The molecule has 0 aromatic heterocycles. The summed E-state index contributed by atoms with van der Waals surface area (Å²) in [4.78, 5) is 0. The lowest BCUT2D eigenvalue weighted by atomic mass is 10.1. The Labute approximate surface area is 133 Å². The zero-order chi connectivity index (χ0) is 16.8. The molecule has 1 aliphatic rings. The van der Waals surface area contributed by atoms with Crippen molar-refractivity contribution in [3.63, 3.8) is 0 Å². The summed E-state index contributed by atoms with van der Waals surface area (Å²) in [5.74, 6) is 0.187.